The Hall–Kier alpha value is -2.41. The highest BCUT2D eigenvalue weighted by atomic mass is 16.5. The van der Waals surface area contributed by atoms with E-state index in [0.29, 0.717) is 11.3 Å². The van der Waals surface area contributed by atoms with Crippen molar-refractivity contribution in [2.45, 2.75) is 6.92 Å². The van der Waals surface area contributed by atoms with E-state index in [1.54, 1.807) is 6.07 Å². The van der Waals surface area contributed by atoms with Crippen LogP contribution in [-0.2, 0) is 0 Å². The van der Waals surface area contributed by atoms with Gasteiger partial charge in [-0.25, -0.2) is 0 Å². The number of aromatic nitrogens is 2. The minimum absolute atomic E-state index is 0.235. The van der Waals surface area contributed by atoms with E-state index in [-0.39, 0.29) is 5.88 Å². The van der Waals surface area contributed by atoms with Gasteiger partial charge in [-0.1, -0.05) is 18.2 Å². The largest absolute Gasteiger partial charge is 0.436 e. The quantitative estimate of drug-likeness (QED) is 0.765. The summed E-state index contributed by atoms with van der Waals surface area (Å²) in [6.07, 6.45) is 1.46. The van der Waals surface area contributed by atoms with Gasteiger partial charge in [-0.05, 0) is 24.6 Å². The van der Waals surface area contributed by atoms with Gasteiger partial charge in [-0.2, -0.15) is 10.4 Å². The first kappa shape index (κ1) is 10.1. The predicted molar refractivity (Wildman–Crippen MR) is 58.0 cm³/mol. The Morgan fingerprint density at radius 3 is 2.81 bits per heavy atom. The van der Waals surface area contributed by atoms with Crippen molar-refractivity contribution < 1.29 is 4.74 Å². The van der Waals surface area contributed by atoms with Crippen LogP contribution in [0, 0.1) is 18.3 Å². The van der Waals surface area contributed by atoms with Crippen molar-refractivity contribution in [1.82, 2.24) is 10.2 Å². The number of rotatable bonds is 2. The molecule has 16 heavy (non-hydrogen) atoms. The molecule has 0 bridgehead atoms. The topological polar surface area (TPSA) is 58.8 Å². The highest BCUT2D eigenvalue weighted by molar-refractivity contribution is 5.41. The number of benzene rings is 1. The van der Waals surface area contributed by atoms with Crippen LogP contribution in [0.25, 0.3) is 0 Å². The highest BCUT2D eigenvalue weighted by Gasteiger charge is 2.07. The summed E-state index contributed by atoms with van der Waals surface area (Å²) in [6, 6.07) is 11.1. The van der Waals surface area contributed by atoms with Crippen LogP contribution in [0.1, 0.15) is 11.1 Å². The molecule has 0 fully saturated rings. The molecule has 2 aromatic rings. The maximum atomic E-state index is 8.87. The van der Waals surface area contributed by atoms with Gasteiger partial charge in [-0.3, -0.25) is 0 Å². The Morgan fingerprint density at radius 2 is 2.06 bits per heavy atom. The van der Waals surface area contributed by atoms with Gasteiger partial charge in [-0.15, -0.1) is 5.10 Å². The smallest absolute Gasteiger partial charge is 0.256 e. The molecule has 4 nitrogen and oxygen atoms in total. The Bertz CT molecular complexity index is 546. The van der Waals surface area contributed by atoms with Crippen LogP contribution >= 0.6 is 0 Å². The first-order valence-corrected chi connectivity index (χ1v) is 4.76. The second-order valence-corrected chi connectivity index (χ2v) is 3.23. The second kappa shape index (κ2) is 4.41. The van der Waals surface area contributed by atoms with E-state index in [1.165, 1.54) is 6.20 Å². The first-order valence-electron chi connectivity index (χ1n) is 4.76. The molecule has 0 spiro atoms. The molecule has 0 aliphatic rings. The summed E-state index contributed by atoms with van der Waals surface area (Å²) in [6.45, 7) is 1.93. The third-order valence-corrected chi connectivity index (χ3v) is 2.11. The molecule has 0 aliphatic heterocycles. The maximum absolute atomic E-state index is 8.87. The molecular formula is C12H9N3O. The SMILES string of the molecule is Cc1ccccc1Oc1nnccc1C#N. The van der Waals surface area contributed by atoms with E-state index in [9.17, 15) is 0 Å². The van der Waals surface area contributed by atoms with Crippen LogP contribution in [0.2, 0.25) is 0 Å². The van der Waals surface area contributed by atoms with Crippen molar-refractivity contribution in [2.24, 2.45) is 0 Å². The van der Waals surface area contributed by atoms with Gasteiger partial charge in [0.2, 0.25) is 0 Å². The summed E-state index contributed by atoms with van der Waals surface area (Å²) in [5.74, 6) is 0.916. The lowest BCUT2D eigenvalue weighted by molar-refractivity contribution is 0.450. The van der Waals surface area contributed by atoms with E-state index in [4.69, 9.17) is 10.00 Å². The highest BCUT2D eigenvalue weighted by Crippen LogP contribution is 2.24. The van der Waals surface area contributed by atoms with Crippen LogP contribution < -0.4 is 4.74 Å². The number of aryl methyl sites for hydroxylation is 1. The zero-order valence-corrected chi connectivity index (χ0v) is 8.71. The van der Waals surface area contributed by atoms with Crippen molar-refractivity contribution in [1.29, 1.82) is 5.26 Å². The number of nitrogens with zero attached hydrogens (tertiary/aromatic N) is 3. The molecule has 0 saturated heterocycles. The molecule has 1 aromatic carbocycles. The third-order valence-electron chi connectivity index (χ3n) is 2.11. The van der Waals surface area contributed by atoms with Crippen molar-refractivity contribution in [2.75, 3.05) is 0 Å². The van der Waals surface area contributed by atoms with Crippen LogP contribution in [0.5, 0.6) is 11.6 Å². The Labute approximate surface area is 93.1 Å². The standard InChI is InChI=1S/C12H9N3O/c1-9-4-2-3-5-11(9)16-12-10(8-13)6-7-14-15-12/h2-7H,1H3. The summed E-state index contributed by atoms with van der Waals surface area (Å²) in [7, 11) is 0. The number of para-hydroxylation sites is 1. The van der Waals surface area contributed by atoms with Gasteiger partial charge < -0.3 is 4.74 Å². The van der Waals surface area contributed by atoms with Gasteiger partial charge in [0.1, 0.15) is 17.4 Å². The average molecular weight is 211 g/mol. The average Bonchev–Trinajstić information content (AvgIpc) is 2.33. The first-order chi connectivity index (χ1) is 7.81. The van der Waals surface area contributed by atoms with Crippen molar-refractivity contribution >= 4 is 0 Å². The van der Waals surface area contributed by atoms with E-state index in [0.717, 1.165) is 5.56 Å². The molecule has 0 amide bonds. The normalized spacial score (nSPS) is 9.50. The lowest BCUT2D eigenvalue weighted by Gasteiger charge is -2.07. The summed E-state index contributed by atoms with van der Waals surface area (Å²) in [5, 5.41) is 16.4. The minimum atomic E-state index is 0.235. The lowest BCUT2D eigenvalue weighted by atomic mass is 10.2. The fraction of sp³-hybridized carbons (Fsp3) is 0.0833. The molecule has 0 N–H and O–H groups in total. The van der Waals surface area contributed by atoms with Gasteiger partial charge >= 0.3 is 0 Å². The number of hydrogen-bond acceptors (Lipinski definition) is 4. The molecule has 0 atom stereocenters. The summed E-state index contributed by atoms with van der Waals surface area (Å²) >= 11 is 0. The fourth-order valence-electron chi connectivity index (χ4n) is 1.25. The van der Waals surface area contributed by atoms with Crippen molar-refractivity contribution in [3.8, 4) is 17.7 Å². The predicted octanol–water partition coefficient (Wildman–Crippen LogP) is 2.45. The zero-order valence-electron chi connectivity index (χ0n) is 8.71. The second-order valence-electron chi connectivity index (χ2n) is 3.23. The maximum Gasteiger partial charge on any atom is 0.256 e. The summed E-state index contributed by atoms with van der Waals surface area (Å²) in [5.41, 5.74) is 1.36. The molecule has 0 aliphatic carbocycles. The van der Waals surface area contributed by atoms with Gasteiger partial charge in [0, 0.05) is 0 Å². The van der Waals surface area contributed by atoms with E-state index < -0.39 is 0 Å². The molecular weight excluding hydrogens is 202 g/mol. The van der Waals surface area contributed by atoms with E-state index >= 15 is 0 Å². The minimum Gasteiger partial charge on any atom is -0.436 e. The molecule has 1 heterocycles. The van der Waals surface area contributed by atoms with Gasteiger partial charge in [0.25, 0.3) is 5.88 Å². The van der Waals surface area contributed by atoms with Crippen LogP contribution in [0.3, 0.4) is 0 Å². The number of nitriles is 1. The zero-order chi connectivity index (χ0) is 11.4. The number of ether oxygens (including phenoxy) is 1. The molecule has 0 radical (unpaired) electrons. The number of hydrogen-bond donors (Lipinski definition) is 0. The summed E-state index contributed by atoms with van der Waals surface area (Å²) in [4.78, 5) is 0. The third kappa shape index (κ3) is 1.98. The fourth-order valence-corrected chi connectivity index (χ4v) is 1.25. The van der Waals surface area contributed by atoms with Crippen molar-refractivity contribution in [3.05, 3.63) is 47.7 Å². The molecule has 2 rings (SSSR count). The molecule has 1 aromatic heterocycles. The monoisotopic (exact) mass is 211 g/mol. The van der Waals surface area contributed by atoms with Gasteiger partial charge in [0.15, 0.2) is 0 Å². The van der Waals surface area contributed by atoms with Crippen LogP contribution in [-0.4, -0.2) is 10.2 Å². The lowest BCUT2D eigenvalue weighted by Crippen LogP contribution is -1.94. The van der Waals surface area contributed by atoms with Crippen molar-refractivity contribution in [3.63, 3.8) is 0 Å². The summed E-state index contributed by atoms with van der Waals surface area (Å²) < 4.78 is 5.54. The molecule has 4 heteroatoms. The van der Waals surface area contributed by atoms with E-state index in [2.05, 4.69) is 10.2 Å². The van der Waals surface area contributed by atoms with Crippen LogP contribution in [0.4, 0.5) is 0 Å². The van der Waals surface area contributed by atoms with Gasteiger partial charge in [0.05, 0.1) is 6.20 Å². The Balaban J connectivity index is 2.35. The molecule has 0 saturated carbocycles. The Morgan fingerprint density at radius 1 is 1.25 bits per heavy atom. The van der Waals surface area contributed by atoms with Crippen LogP contribution in [0.15, 0.2) is 36.5 Å². The van der Waals surface area contributed by atoms with E-state index in [1.807, 2.05) is 37.3 Å². The Kier molecular flexibility index (Phi) is 2.79. The molecule has 78 valence electrons. The molecule has 0 unspecified atom stereocenters.